The average Bonchev–Trinajstić information content (AvgIpc) is 3.01. The molecule has 25 heavy (non-hydrogen) atoms. The Hall–Kier alpha value is -1.93. The van der Waals surface area contributed by atoms with Gasteiger partial charge in [0, 0.05) is 38.5 Å². The number of hydrogen-bond donors (Lipinski definition) is 3. The van der Waals surface area contributed by atoms with Crippen molar-refractivity contribution in [1.82, 2.24) is 15.1 Å². The van der Waals surface area contributed by atoms with Crippen LogP contribution in [0.1, 0.15) is 27.2 Å². The van der Waals surface area contributed by atoms with Crippen molar-refractivity contribution in [3.8, 4) is 0 Å². The van der Waals surface area contributed by atoms with Crippen molar-refractivity contribution < 1.29 is 24.6 Å². The summed E-state index contributed by atoms with van der Waals surface area (Å²) in [6.45, 7) is 6.88. The van der Waals surface area contributed by atoms with Gasteiger partial charge in [-0.05, 0) is 18.9 Å². The normalized spacial score (nSPS) is 33.3. The number of aliphatic hydroxyl groups is 1. The van der Waals surface area contributed by atoms with Crippen LogP contribution in [0.25, 0.3) is 0 Å². The maximum Gasteiger partial charge on any atom is 0.352 e. The molecule has 0 aromatic rings. The summed E-state index contributed by atoms with van der Waals surface area (Å²) in [6, 6.07) is -0.200. The maximum absolute atomic E-state index is 12.3. The zero-order valence-electron chi connectivity index (χ0n) is 14.7. The van der Waals surface area contributed by atoms with Gasteiger partial charge in [0.05, 0.1) is 18.1 Å². The number of nitrogens with zero attached hydrogens (tertiary/aromatic N) is 2. The molecule has 2 amide bonds. The molecular formula is C17H25N3O5. The minimum atomic E-state index is -1.10. The average molecular weight is 351 g/mol. The Morgan fingerprint density at radius 1 is 1.40 bits per heavy atom. The van der Waals surface area contributed by atoms with Crippen LogP contribution in [0.3, 0.4) is 0 Å². The fourth-order valence-electron chi connectivity index (χ4n) is 4.48. The summed E-state index contributed by atoms with van der Waals surface area (Å²) in [4.78, 5) is 38.7. The quantitative estimate of drug-likeness (QED) is 0.570. The highest BCUT2D eigenvalue weighted by molar-refractivity contribution is 6.00. The summed E-state index contributed by atoms with van der Waals surface area (Å²) in [5.74, 6) is -2.12. The van der Waals surface area contributed by atoms with E-state index in [1.807, 2.05) is 6.92 Å². The first-order valence-electron chi connectivity index (χ1n) is 8.69. The molecule has 3 aliphatic rings. The lowest BCUT2D eigenvalue weighted by molar-refractivity contribution is -0.163. The highest BCUT2D eigenvalue weighted by Crippen LogP contribution is 2.47. The molecule has 0 aliphatic carbocycles. The van der Waals surface area contributed by atoms with Gasteiger partial charge < -0.3 is 20.4 Å². The number of amides is 2. The predicted molar refractivity (Wildman–Crippen MR) is 88.3 cm³/mol. The van der Waals surface area contributed by atoms with E-state index in [9.17, 15) is 24.6 Å². The van der Waals surface area contributed by atoms with Crippen molar-refractivity contribution >= 4 is 17.8 Å². The first-order valence-corrected chi connectivity index (χ1v) is 8.69. The Balaban J connectivity index is 1.77. The molecule has 8 heteroatoms. The predicted octanol–water partition coefficient (Wildman–Crippen LogP) is -0.607. The van der Waals surface area contributed by atoms with Crippen molar-refractivity contribution in [2.45, 2.75) is 45.4 Å². The minimum Gasteiger partial charge on any atom is -0.477 e. The number of aliphatic carboxylic acids is 1. The summed E-state index contributed by atoms with van der Waals surface area (Å²) in [7, 11) is 0. The zero-order valence-corrected chi connectivity index (χ0v) is 14.7. The standard InChI is InChI=1S/C17H25N3O5/c1-8-12(7-19-5-4-11(6-19)18-10(3)22)15(17(24)25)20-14(8)13(9(2)21)16(20)23/h8-9,11,13-14,21H,4-7H2,1-3H3,(H,18,22)(H,24,25)/t8-,9+,11-,13?,14?/m0/s1. The van der Waals surface area contributed by atoms with Crippen LogP contribution in [-0.4, -0.2) is 75.6 Å². The molecule has 0 spiro atoms. The number of carboxylic acids is 1. The smallest absolute Gasteiger partial charge is 0.352 e. The molecule has 0 aromatic carbocycles. The van der Waals surface area contributed by atoms with Gasteiger partial charge >= 0.3 is 5.97 Å². The lowest BCUT2D eigenvalue weighted by Gasteiger charge is -2.46. The molecule has 3 rings (SSSR count). The third-order valence-electron chi connectivity index (χ3n) is 5.59. The Morgan fingerprint density at radius 3 is 2.64 bits per heavy atom. The number of carbonyl (C=O) groups is 3. The lowest BCUT2D eigenvalue weighted by atomic mass is 9.77. The first kappa shape index (κ1) is 17.9. The van der Waals surface area contributed by atoms with E-state index in [0.717, 1.165) is 18.5 Å². The van der Waals surface area contributed by atoms with Gasteiger partial charge in [-0.15, -0.1) is 0 Å². The second-order valence-electron chi connectivity index (χ2n) is 7.35. The van der Waals surface area contributed by atoms with E-state index in [0.29, 0.717) is 13.1 Å². The number of likely N-dealkylation sites (tertiary alicyclic amines) is 1. The zero-order chi connectivity index (χ0) is 18.5. The highest BCUT2D eigenvalue weighted by Gasteiger charge is 2.59. The van der Waals surface area contributed by atoms with E-state index in [2.05, 4.69) is 10.2 Å². The number of hydrogen-bond acceptors (Lipinski definition) is 5. The fraction of sp³-hybridized carbons (Fsp3) is 0.706. The number of rotatable bonds is 5. The van der Waals surface area contributed by atoms with Gasteiger partial charge in [0.25, 0.3) is 0 Å². The molecule has 0 radical (unpaired) electrons. The molecule has 0 bridgehead atoms. The van der Waals surface area contributed by atoms with E-state index in [-0.39, 0.29) is 35.5 Å². The molecule has 138 valence electrons. The molecular weight excluding hydrogens is 326 g/mol. The largest absolute Gasteiger partial charge is 0.477 e. The number of carbonyl (C=O) groups excluding carboxylic acids is 2. The van der Waals surface area contributed by atoms with Crippen LogP contribution in [0, 0.1) is 11.8 Å². The second kappa shape index (κ2) is 6.42. The van der Waals surface area contributed by atoms with Gasteiger partial charge in [0.1, 0.15) is 5.70 Å². The maximum atomic E-state index is 12.3. The van der Waals surface area contributed by atoms with E-state index < -0.39 is 18.0 Å². The van der Waals surface area contributed by atoms with Gasteiger partial charge in [-0.25, -0.2) is 4.79 Å². The van der Waals surface area contributed by atoms with Crippen molar-refractivity contribution in [2.24, 2.45) is 11.8 Å². The molecule has 5 atom stereocenters. The Kier molecular flexibility index (Phi) is 4.59. The topological polar surface area (TPSA) is 110 Å². The molecule has 0 saturated carbocycles. The van der Waals surface area contributed by atoms with Gasteiger partial charge in [-0.1, -0.05) is 6.92 Å². The molecule has 8 nitrogen and oxygen atoms in total. The summed E-state index contributed by atoms with van der Waals surface area (Å²) >= 11 is 0. The molecule has 2 fully saturated rings. The van der Waals surface area contributed by atoms with E-state index >= 15 is 0 Å². The van der Waals surface area contributed by atoms with Crippen LogP contribution in [-0.2, 0) is 14.4 Å². The van der Waals surface area contributed by atoms with Crippen LogP contribution in [0.5, 0.6) is 0 Å². The monoisotopic (exact) mass is 351 g/mol. The Labute approximate surface area is 146 Å². The third-order valence-corrected chi connectivity index (χ3v) is 5.59. The summed E-state index contributed by atoms with van der Waals surface area (Å²) in [5.41, 5.74) is 0.805. The van der Waals surface area contributed by atoms with Crippen molar-refractivity contribution in [1.29, 1.82) is 0 Å². The van der Waals surface area contributed by atoms with Crippen molar-refractivity contribution in [3.63, 3.8) is 0 Å². The van der Waals surface area contributed by atoms with E-state index in [1.54, 1.807) is 6.92 Å². The summed E-state index contributed by atoms with van der Waals surface area (Å²) < 4.78 is 0. The molecule has 3 N–H and O–H groups in total. The highest BCUT2D eigenvalue weighted by atomic mass is 16.4. The van der Waals surface area contributed by atoms with Crippen LogP contribution in [0.4, 0.5) is 0 Å². The molecule has 3 heterocycles. The number of carboxylic acid groups (broad SMARTS) is 1. The molecule has 2 saturated heterocycles. The fourth-order valence-corrected chi connectivity index (χ4v) is 4.48. The molecule has 2 unspecified atom stereocenters. The summed E-state index contributed by atoms with van der Waals surface area (Å²) in [6.07, 6.45) is 0.0352. The second-order valence-corrected chi connectivity index (χ2v) is 7.35. The van der Waals surface area contributed by atoms with Gasteiger partial charge in [0.15, 0.2) is 0 Å². The molecule has 3 aliphatic heterocycles. The van der Waals surface area contributed by atoms with Crippen LogP contribution < -0.4 is 5.32 Å². The first-order chi connectivity index (χ1) is 11.7. The Bertz CT molecular complexity index is 644. The van der Waals surface area contributed by atoms with Crippen LogP contribution in [0.2, 0.25) is 0 Å². The number of β-lactam (4-membered cyclic amide) rings is 1. The molecule has 0 aromatic heterocycles. The van der Waals surface area contributed by atoms with Crippen molar-refractivity contribution in [2.75, 3.05) is 19.6 Å². The SMILES string of the molecule is CC(=O)N[C@H]1CCN(CC2=C(C(=O)O)N3C(=O)C([C@@H](C)O)C3[C@H]2C)C1. The number of aliphatic hydroxyl groups excluding tert-OH is 1. The van der Waals surface area contributed by atoms with E-state index in [4.69, 9.17) is 0 Å². The third kappa shape index (κ3) is 2.93. The van der Waals surface area contributed by atoms with Gasteiger partial charge in [-0.2, -0.15) is 0 Å². The van der Waals surface area contributed by atoms with Crippen LogP contribution in [0.15, 0.2) is 11.3 Å². The van der Waals surface area contributed by atoms with Gasteiger partial charge in [0.2, 0.25) is 11.8 Å². The van der Waals surface area contributed by atoms with Gasteiger partial charge in [-0.3, -0.25) is 14.5 Å². The van der Waals surface area contributed by atoms with Crippen molar-refractivity contribution in [3.05, 3.63) is 11.3 Å². The number of fused-ring (bicyclic) bond motifs is 1. The lowest BCUT2D eigenvalue weighted by Crippen LogP contribution is -2.63. The Morgan fingerprint density at radius 2 is 2.08 bits per heavy atom. The number of nitrogens with one attached hydrogen (secondary N) is 1. The van der Waals surface area contributed by atoms with E-state index in [1.165, 1.54) is 11.8 Å². The minimum absolute atomic E-state index is 0.0685. The summed E-state index contributed by atoms with van der Waals surface area (Å²) in [5, 5.41) is 22.4. The van der Waals surface area contributed by atoms with Crippen LogP contribution >= 0.6 is 0 Å².